The summed E-state index contributed by atoms with van der Waals surface area (Å²) in [6, 6.07) is 5.66. The molecular weight excluding hydrogens is 334 g/mol. The quantitative estimate of drug-likeness (QED) is 0.498. The maximum absolute atomic E-state index is 12.1. The summed E-state index contributed by atoms with van der Waals surface area (Å²) in [5.41, 5.74) is 4.69. The highest BCUT2D eigenvalue weighted by molar-refractivity contribution is 7.98. The number of nitro groups is 1. The molecule has 2 N–H and O–H groups in total. The minimum atomic E-state index is -0.656. The predicted molar refractivity (Wildman–Crippen MR) is 88.0 cm³/mol. The van der Waals surface area contributed by atoms with Crippen LogP contribution in [0.5, 0.6) is 0 Å². The molecule has 0 aliphatic carbocycles. The molecule has 1 aromatic carbocycles. The van der Waals surface area contributed by atoms with Crippen molar-refractivity contribution in [2.45, 2.75) is 18.7 Å². The van der Waals surface area contributed by atoms with Crippen LogP contribution in [0.25, 0.3) is 0 Å². The highest BCUT2D eigenvalue weighted by Crippen LogP contribution is 2.28. The van der Waals surface area contributed by atoms with Crippen molar-refractivity contribution >= 4 is 29.3 Å². The van der Waals surface area contributed by atoms with Crippen molar-refractivity contribution in [2.75, 3.05) is 6.26 Å². The number of nitrogens with zero attached hydrogens (tertiary/aromatic N) is 1. The van der Waals surface area contributed by atoms with E-state index in [9.17, 15) is 19.7 Å². The van der Waals surface area contributed by atoms with Gasteiger partial charge in [-0.3, -0.25) is 30.6 Å². The van der Waals surface area contributed by atoms with E-state index in [0.29, 0.717) is 22.0 Å². The maximum atomic E-state index is 12.1. The van der Waals surface area contributed by atoms with Crippen LogP contribution in [0.15, 0.2) is 33.6 Å². The summed E-state index contributed by atoms with van der Waals surface area (Å²) >= 11 is 1.21. The van der Waals surface area contributed by atoms with Gasteiger partial charge in [0.25, 0.3) is 17.5 Å². The highest BCUT2D eigenvalue weighted by atomic mass is 32.2. The van der Waals surface area contributed by atoms with Crippen LogP contribution in [0.4, 0.5) is 5.69 Å². The van der Waals surface area contributed by atoms with E-state index in [4.69, 9.17) is 4.42 Å². The molecule has 0 atom stereocenters. The molecule has 2 amide bonds. The van der Waals surface area contributed by atoms with Crippen LogP contribution in [-0.2, 0) is 0 Å². The molecule has 2 aromatic rings. The van der Waals surface area contributed by atoms with Gasteiger partial charge >= 0.3 is 0 Å². The molecule has 0 fully saturated rings. The number of nitro benzene ring substituents is 1. The van der Waals surface area contributed by atoms with Gasteiger partial charge < -0.3 is 4.42 Å². The number of hydrazine groups is 1. The molecule has 24 heavy (non-hydrogen) atoms. The summed E-state index contributed by atoms with van der Waals surface area (Å²) in [7, 11) is 0. The van der Waals surface area contributed by atoms with Crippen molar-refractivity contribution in [1.82, 2.24) is 10.9 Å². The molecule has 8 nitrogen and oxygen atoms in total. The maximum Gasteiger partial charge on any atom is 0.283 e. The van der Waals surface area contributed by atoms with Crippen LogP contribution in [0.2, 0.25) is 0 Å². The Morgan fingerprint density at radius 2 is 1.83 bits per heavy atom. The minimum Gasteiger partial charge on any atom is -0.466 e. The zero-order chi connectivity index (χ0) is 17.9. The number of rotatable bonds is 4. The van der Waals surface area contributed by atoms with Gasteiger partial charge in [0.05, 0.1) is 15.4 Å². The zero-order valence-electron chi connectivity index (χ0n) is 13.2. The summed E-state index contributed by atoms with van der Waals surface area (Å²) in [6.45, 7) is 3.34. The van der Waals surface area contributed by atoms with E-state index in [1.807, 2.05) is 0 Å². The molecule has 0 aliphatic rings. The molecule has 0 radical (unpaired) electrons. The first-order valence-electron chi connectivity index (χ1n) is 6.83. The molecule has 9 heteroatoms. The molecule has 0 spiro atoms. The van der Waals surface area contributed by atoms with Crippen molar-refractivity contribution in [3.63, 3.8) is 0 Å². The molecule has 0 unspecified atom stereocenters. The molecule has 0 saturated heterocycles. The first-order chi connectivity index (χ1) is 11.3. The first kappa shape index (κ1) is 17.5. The topological polar surface area (TPSA) is 114 Å². The van der Waals surface area contributed by atoms with E-state index >= 15 is 0 Å². The number of hydrogen-bond acceptors (Lipinski definition) is 6. The first-order valence-corrected chi connectivity index (χ1v) is 8.06. The van der Waals surface area contributed by atoms with Gasteiger partial charge in [-0.25, -0.2) is 0 Å². The second-order valence-corrected chi connectivity index (χ2v) is 5.73. The summed E-state index contributed by atoms with van der Waals surface area (Å²) in [4.78, 5) is 35.0. The number of thioether (sulfide) groups is 1. The monoisotopic (exact) mass is 349 g/mol. The van der Waals surface area contributed by atoms with Crippen LogP contribution in [0.1, 0.15) is 32.2 Å². The van der Waals surface area contributed by atoms with Gasteiger partial charge in [-0.05, 0) is 38.3 Å². The molecule has 0 saturated carbocycles. The number of carbonyl (C=O) groups is 2. The second kappa shape index (κ2) is 7.18. The van der Waals surface area contributed by atoms with Gasteiger partial charge in [-0.15, -0.1) is 11.8 Å². The minimum absolute atomic E-state index is 0.0693. The van der Waals surface area contributed by atoms with Crippen LogP contribution in [0.3, 0.4) is 0 Å². The fourth-order valence-corrected chi connectivity index (χ4v) is 2.63. The number of benzene rings is 1. The van der Waals surface area contributed by atoms with Crippen molar-refractivity contribution in [3.8, 4) is 0 Å². The lowest BCUT2D eigenvalue weighted by molar-refractivity contribution is -0.387. The Balaban J connectivity index is 2.10. The third-order valence-corrected chi connectivity index (χ3v) is 4.00. The van der Waals surface area contributed by atoms with E-state index in [1.54, 1.807) is 26.2 Å². The number of nitrogens with one attached hydrogen (secondary N) is 2. The zero-order valence-corrected chi connectivity index (χ0v) is 14.0. The van der Waals surface area contributed by atoms with Gasteiger partial charge in [-0.2, -0.15) is 0 Å². The number of amides is 2. The Labute approximate surface area is 141 Å². The summed E-state index contributed by atoms with van der Waals surface area (Å²) < 4.78 is 5.24. The predicted octanol–water partition coefficient (Wildman–Crippen LogP) is 2.60. The van der Waals surface area contributed by atoms with E-state index in [-0.39, 0.29) is 11.3 Å². The second-order valence-electron chi connectivity index (χ2n) is 4.88. The van der Waals surface area contributed by atoms with Gasteiger partial charge in [0.15, 0.2) is 0 Å². The number of carbonyl (C=O) groups excluding carboxylic acids is 2. The van der Waals surface area contributed by atoms with E-state index in [0.717, 1.165) is 0 Å². The molecule has 0 bridgehead atoms. The molecule has 1 heterocycles. The smallest absolute Gasteiger partial charge is 0.283 e. The fourth-order valence-electron chi connectivity index (χ4n) is 2.08. The van der Waals surface area contributed by atoms with Gasteiger partial charge in [0, 0.05) is 11.6 Å². The number of furan rings is 1. The van der Waals surface area contributed by atoms with Gasteiger partial charge in [0.2, 0.25) is 0 Å². The Morgan fingerprint density at radius 1 is 1.17 bits per heavy atom. The van der Waals surface area contributed by atoms with Crippen molar-refractivity contribution < 1.29 is 18.9 Å². The van der Waals surface area contributed by atoms with Crippen LogP contribution in [0, 0.1) is 24.0 Å². The standard InChI is InChI=1S/C15H15N3O5S/c1-8-6-11(9(2)23-8)15(20)17-16-14(19)10-4-5-13(24-3)12(7-10)18(21)22/h4-7H,1-3H3,(H,16,19)(H,17,20). The third kappa shape index (κ3) is 3.74. The molecule has 2 rings (SSSR count). The van der Waals surface area contributed by atoms with E-state index in [2.05, 4.69) is 10.9 Å². The average molecular weight is 349 g/mol. The average Bonchev–Trinajstić information content (AvgIpc) is 2.90. The van der Waals surface area contributed by atoms with Crippen molar-refractivity contribution in [2.24, 2.45) is 0 Å². The van der Waals surface area contributed by atoms with Crippen molar-refractivity contribution in [1.29, 1.82) is 0 Å². The SMILES string of the molecule is CSc1ccc(C(=O)NNC(=O)c2cc(C)oc2C)cc1[N+](=O)[O-]. The van der Waals surface area contributed by atoms with Crippen LogP contribution >= 0.6 is 11.8 Å². The lowest BCUT2D eigenvalue weighted by Gasteiger charge is -2.07. The van der Waals surface area contributed by atoms with E-state index in [1.165, 1.54) is 30.0 Å². The van der Waals surface area contributed by atoms with Gasteiger partial charge in [0.1, 0.15) is 11.5 Å². The Hall–Kier alpha value is -2.81. The Kier molecular flexibility index (Phi) is 5.24. The largest absolute Gasteiger partial charge is 0.466 e. The molecular formula is C15H15N3O5S. The molecule has 1 aromatic heterocycles. The normalized spacial score (nSPS) is 10.3. The lowest BCUT2D eigenvalue weighted by atomic mass is 10.2. The highest BCUT2D eigenvalue weighted by Gasteiger charge is 2.18. The molecule has 0 aliphatic heterocycles. The summed E-state index contributed by atoms with van der Waals surface area (Å²) in [5.74, 6) is -0.184. The summed E-state index contributed by atoms with van der Waals surface area (Å²) in [6.07, 6.45) is 1.71. The Bertz CT molecular complexity index is 815. The van der Waals surface area contributed by atoms with Crippen LogP contribution in [-0.4, -0.2) is 23.0 Å². The fraction of sp³-hybridized carbons (Fsp3) is 0.200. The van der Waals surface area contributed by atoms with Crippen molar-refractivity contribution in [3.05, 3.63) is 57.0 Å². The Morgan fingerprint density at radius 3 is 2.38 bits per heavy atom. The van der Waals surface area contributed by atoms with E-state index < -0.39 is 16.7 Å². The summed E-state index contributed by atoms with van der Waals surface area (Å²) in [5, 5.41) is 11.0. The number of aryl methyl sites for hydroxylation is 2. The van der Waals surface area contributed by atoms with Crippen LogP contribution < -0.4 is 10.9 Å². The third-order valence-electron chi connectivity index (χ3n) is 3.21. The molecule has 126 valence electrons. The number of hydrogen-bond donors (Lipinski definition) is 2. The van der Waals surface area contributed by atoms with Gasteiger partial charge in [-0.1, -0.05) is 0 Å². The lowest BCUT2D eigenvalue weighted by Crippen LogP contribution is -2.41.